The topological polar surface area (TPSA) is 38.4 Å². The molecule has 76 valence electrons. The molecule has 0 bridgehead atoms. The van der Waals surface area contributed by atoms with Crippen molar-refractivity contribution in [2.75, 3.05) is 5.88 Å². The van der Waals surface area contributed by atoms with Crippen LogP contribution in [-0.2, 0) is 0 Å². The molecule has 0 aromatic heterocycles. The van der Waals surface area contributed by atoms with Crippen LogP contribution < -0.4 is 5.73 Å². The Balaban J connectivity index is 3.21. The number of amidine groups is 1. The number of alkyl halides is 1. The molecule has 0 saturated heterocycles. The van der Waals surface area contributed by atoms with Gasteiger partial charge in [-0.1, -0.05) is 0 Å². The van der Waals surface area contributed by atoms with E-state index in [2.05, 4.69) is 20.9 Å². The summed E-state index contributed by atoms with van der Waals surface area (Å²) in [5.74, 6) is 0.0330. The molecular weight excluding hydrogens is 270 g/mol. The molecule has 0 amide bonds. The highest BCUT2D eigenvalue weighted by atomic mass is 79.9. The van der Waals surface area contributed by atoms with Crippen molar-refractivity contribution in [2.24, 2.45) is 10.7 Å². The Hall–Kier alpha value is -0.610. The maximum absolute atomic E-state index is 13.2. The molecule has 1 rings (SSSR count). The Morgan fingerprint density at radius 1 is 1.64 bits per heavy atom. The van der Waals surface area contributed by atoms with Crippen molar-refractivity contribution in [3.63, 3.8) is 0 Å². The number of benzene rings is 1. The number of nitrogens with two attached hydrogens (primary N) is 1. The van der Waals surface area contributed by atoms with E-state index in [4.69, 9.17) is 17.3 Å². The van der Waals surface area contributed by atoms with Crippen molar-refractivity contribution < 1.29 is 4.39 Å². The summed E-state index contributed by atoms with van der Waals surface area (Å²) in [6.45, 7) is 1.78. The first kappa shape index (κ1) is 11.5. The van der Waals surface area contributed by atoms with Crippen molar-refractivity contribution >= 4 is 39.1 Å². The van der Waals surface area contributed by atoms with Gasteiger partial charge in [-0.15, -0.1) is 11.6 Å². The van der Waals surface area contributed by atoms with E-state index in [9.17, 15) is 4.39 Å². The molecule has 1 aromatic rings. The average molecular weight is 280 g/mol. The van der Waals surface area contributed by atoms with Gasteiger partial charge in [-0.2, -0.15) is 0 Å². The molecule has 0 aliphatic carbocycles. The van der Waals surface area contributed by atoms with E-state index in [-0.39, 0.29) is 17.5 Å². The quantitative estimate of drug-likeness (QED) is 0.504. The van der Waals surface area contributed by atoms with Crippen LogP contribution in [0.1, 0.15) is 5.56 Å². The Labute approximate surface area is 95.1 Å². The molecule has 0 saturated carbocycles. The molecule has 0 spiro atoms. The molecule has 0 aliphatic rings. The molecule has 2 nitrogen and oxygen atoms in total. The van der Waals surface area contributed by atoms with Gasteiger partial charge < -0.3 is 5.73 Å². The van der Waals surface area contributed by atoms with E-state index >= 15 is 0 Å². The van der Waals surface area contributed by atoms with E-state index in [0.717, 1.165) is 5.56 Å². The van der Waals surface area contributed by atoms with Crippen molar-refractivity contribution in [3.05, 3.63) is 28.0 Å². The Morgan fingerprint density at radius 2 is 2.29 bits per heavy atom. The molecule has 5 heteroatoms. The minimum absolute atomic E-state index is 0.127. The van der Waals surface area contributed by atoms with Crippen molar-refractivity contribution in [1.29, 1.82) is 0 Å². The SMILES string of the molecule is Cc1cc(F)c(Br)c(N=C(N)CCl)c1. The Bertz CT molecular complexity index is 379. The van der Waals surface area contributed by atoms with Crippen molar-refractivity contribution in [3.8, 4) is 0 Å². The lowest BCUT2D eigenvalue weighted by molar-refractivity contribution is 0.620. The second kappa shape index (κ2) is 4.75. The summed E-state index contributed by atoms with van der Waals surface area (Å²) in [5, 5.41) is 0. The second-order valence-electron chi connectivity index (χ2n) is 2.82. The molecule has 0 atom stereocenters. The van der Waals surface area contributed by atoms with Crippen LogP contribution in [0.3, 0.4) is 0 Å². The molecule has 2 N–H and O–H groups in total. The predicted octanol–water partition coefficient (Wildman–Crippen LogP) is 3.12. The summed E-state index contributed by atoms with van der Waals surface area (Å²) < 4.78 is 13.5. The number of hydrogen-bond donors (Lipinski definition) is 1. The fourth-order valence-corrected chi connectivity index (χ4v) is 1.35. The first-order valence-electron chi connectivity index (χ1n) is 3.89. The van der Waals surface area contributed by atoms with E-state index in [1.165, 1.54) is 6.07 Å². The summed E-state index contributed by atoms with van der Waals surface area (Å²) in [7, 11) is 0. The minimum atomic E-state index is -0.355. The van der Waals surface area contributed by atoms with Gasteiger partial charge in [0.05, 0.1) is 16.0 Å². The lowest BCUT2D eigenvalue weighted by Gasteiger charge is -2.03. The highest BCUT2D eigenvalue weighted by Gasteiger charge is 2.06. The Morgan fingerprint density at radius 3 is 2.86 bits per heavy atom. The van der Waals surface area contributed by atoms with Gasteiger partial charge in [0.1, 0.15) is 11.7 Å². The number of halogens is 3. The predicted molar refractivity (Wildman–Crippen MR) is 60.8 cm³/mol. The summed E-state index contributed by atoms with van der Waals surface area (Å²) in [5.41, 5.74) is 6.69. The molecule has 1 aromatic carbocycles. The van der Waals surface area contributed by atoms with Gasteiger partial charge in [-0.25, -0.2) is 9.38 Å². The van der Waals surface area contributed by atoms with Crippen LogP contribution in [0.4, 0.5) is 10.1 Å². The third-order valence-corrected chi connectivity index (χ3v) is 2.61. The van der Waals surface area contributed by atoms with Crippen LogP contribution in [0.15, 0.2) is 21.6 Å². The minimum Gasteiger partial charge on any atom is -0.386 e. The van der Waals surface area contributed by atoms with E-state index in [1.54, 1.807) is 13.0 Å². The maximum atomic E-state index is 13.2. The van der Waals surface area contributed by atoms with Crippen molar-refractivity contribution in [1.82, 2.24) is 0 Å². The van der Waals surface area contributed by atoms with E-state index in [1.807, 2.05) is 0 Å². The molecular formula is C9H9BrClFN2. The van der Waals surface area contributed by atoms with Gasteiger partial charge in [-0.05, 0) is 40.5 Å². The number of rotatable bonds is 2. The van der Waals surface area contributed by atoms with E-state index in [0.29, 0.717) is 10.2 Å². The number of aryl methyl sites for hydroxylation is 1. The number of nitrogens with zero attached hydrogens (tertiary/aromatic N) is 1. The summed E-state index contributed by atoms with van der Waals surface area (Å²) >= 11 is 8.56. The molecule has 14 heavy (non-hydrogen) atoms. The fourth-order valence-electron chi connectivity index (χ4n) is 0.972. The standard InChI is InChI=1S/C9H9BrClFN2/c1-5-2-6(12)9(10)7(3-5)14-8(13)4-11/h2-3H,4H2,1H3,(H2,13,14). The fraction of sp³-hybridized carbons (Fsp3) is 0.222. The van der Waals surface area contributed by atoms with Crippen LogP contribution in [0.2, 0.25) is 0 Å². The highest BCUT2D eigenvalue weighted by Crippen LogP contribution is 2.29. The molecule has 0 unspecified atom stereocenters. The summed E-state index contributed by atoms with van der Waals surface area (Å²) in [4.78, 5) is 3.97. The molecule has 0 heterocycles. The summed E-state index contributed by atoms with van der Waals surface area (Å²) in [6, 6.07) is 3.15. The average Bonchev–Trinajstić information content (AvgIpc) is 2.13. The van der Waals surface area contributed by atoms with Gasteiger partial charge in [0.25, 0.3) is 0 Å². The molecule has 0 fully saturated rings. The van der Waals surface area contributed by atoms with Gasteiger partial charge in [0, 0.05) is 0 Å². The van der Waals surface area contributed by atoms with Crippen LogP contribution in [0.25, 0.3) is 0 Å². The lowest BCUT2D eigenvalue weighted by atomic mass is 10.2. The highest BCUT2D eigenvalue weighted by molar-refractivity contribution is 9.10. The normalized spacial score (nSPS) is 11.9. The zero-order chi connectivity index (χ0) is 10.7. The van der Waals surface area contributed by atoms with Gasteiger partial charge in [0.15, 0.2) is 0 Å². The zero-order valence-corrected chi connectivity index (χ0v) is 9.86. The zero-order valence-electron chi connectivity index (χ0n) is 7.52. The third-order valence-electron chi connectivity index (χ3n) is 1.55. The third kappa shape index (κ3) is 2.69. The van der Waals surface area contributed by atoms with Crippen LogP contribution >= 0.6 is 27.5 Å². The first-order chi connectivity index (χ1) is 6.54. The van der Waals surface area contributed by atoms with Crippen LogP contribution in [-0.4, -0.2) is 11.7 Å². The van der Waals surface area contributed by atoms with Crippen LogP contribution in [0, 0.1) is 12.7 Å². The number of hydrogen-bond acceptors (Lipinski definition) is 1. The van der Waals surface area contributed by atoms with Crippen molar-refractivity contribution in [2.45, 2.75) is 6.92 Å². The maximum Gasteiger partial charge on any atom is 0.139 e. The van der Waals surface area contributed by atoms with Crippen LogP contribution in [0.5, 0.6) is 0 Å². The smallest absolute Gasteiger partial charge is 0.139 e. The molecule has 0 aliphatic heterocycles. The van der Waals surface area contributed by atoms with Gasteiger partial charge in [-0.3, -0.25) is 0 Å². The van der Waals surface area contributed by atoms with E-state index < -0.39 is 0 Å². The lowest BCUT2D eigenvalue weighted by Crippen LogP contribution is -2.12. The van der Waals surface area contributed by atoms with Gasteiger partial charge >= 0.3 is 0 Å². The summed E-state index contributed by atoms with van der Waals surface area (Å²) in [6.07, 6.45) is 0. The number of aliphatic imine (C=N–C) groups is 1. The molecule has 0 radical (unpaired) electrons. The largest absolute Gasteiger partial charge is 0.386 e. The Kier molecular flexibility index (Phi) is 3.89. The second-order valence-corrected chi connectivity index (χ2v) is 3.88. The monoisotopic (exact) mass is 278 g/mol. The van der Waals surface area contributed by atoms with Gasteiger partial charge in [0.2, 0.25) is 0 Å². The first-order valence-corrected chi connectivity index (χ1v) is 5.22.